The Bertz CT molecular complexity index is 346. The summed E-state index contributed by atoms with van der Waals surface area (Å²) >= 11 is 0. The minimum absolute atomic E-state index is 0.249. The zero-order valence-electron chi connectivity index (χ0n) is 11.1. The van der Waals surface area contributed by atoms with Crippen molar-refractivity contribution in [2.24, 2.45) is 5.92 Å². The maximum Gasteiger partial charge on any atom is 0.217 e. The van der Waals surface area contributed by atoms with Crippen molar-refractivity contribution < 1.29 is 13.2 Å². The van der Waals surface area contributed by atoms with Gasteiger partial charge < -0.3 is 10.1 Å². The van der Waals surface area contributed by atoms with Crippen LogP contribution in [0, 0.1) is 5.92 Å². The lowest BCUT2D eigenvalue weighted by atomic mass is 10.0. The van der Waals surface area contributed by atoms with Crippen LogP contribution in [0.5, 0.6) is 0 Å². The Morgan fingerprint density at radius 1 is 1.33 bits per heavy atom. The van der Waals surface area contributed by atoms with E-state index in [1.807, 2.05) is 0 Å². The molecule has 1 N–H and O–H groups in total. The van der Waals surface area contributed by atoms with E-state index in [0.29, 0.717) is 25.6 Å². The van der Waals surface area contributed by atoms with Crippen LogP contribution in [-0.4, -0.2) is 57.9 Å². The van der Waals surface area contributed by atoms with E-state index in [1.54, 1.807) is 11.4 Å². The van der Waals surface area contributed by atoms with E-state index in [2.05, 4.69) is 5.32 Å². The Balaban J connectivity index is 1.91. The molecule has 2 fully saturated rings. The number of ether oxygens (including phenoxy) is 1. The molecule has 0 saturated carbocycles. The molecule has 2 aliphatic heterocycles. The normalized spacial score (nSPS) is 30.6. The Morgan fingerprint density at radius 3 is 2.78 bits per heavy atom. The highest BCUT2D eigenvalue weighted by atomic mass is 32.2. The summed E-state index contributed by atoms with van der Waals surface area (Å²) in [6.45, 7) is 3.64. The molecule has 0 spiro atoms. The second-order valence-corrected chi connectivity index (χ2v) is 7.70. The molecule has 0 aromatic heterocycles. The van der Waals surface area contributed by atoms with Gasteiger partial charge in [0, 0.05) is 26.7 Å². The lowest BCUT2D eigenvalue weighted by molar-refractivity contribution is 0.0494. The third kappa shape index (κ3) is 3.44. The zero-order valence-corrected chi connectivity index (χ0v) is 11.9. The van der Waals surface area contributed by atoms with Crippen LogP contribution in [0.1, 0.15) is 25.7 Å². The third-order valence-corrected chi connectivity index (χ3v) is 6.14. The van der Waals surface area contributed by atoms with E-state index in [1.165, 1.54) is 0 Å². The van der Waals surface area contributed by atoms with Crippen molar-refractivity contribution in [1.29, 1.82) is 0 Å². The van der Waals surface area contributed by atoms with Gasteiger partial charge >= 0.3 is 0 Å². The second-order valence-electron chi connectivity index (χ2n) is 5.38. The van der Waals surface area contributed by atoms with Gasteiger partial charge in [0.1, 0.15) is 0 Å². The minimum Gasteiger partial charge on any atom is -0.381 e. The van der Waals surface area contributed by atoms with Crippen LogP contribution in [-0.2, 0) is 14.8 Å². The molecule has 106 valence electrons. The molecule has 2 atom stereocenters. The summed E-state index contributed by atoms with van der Waals surface area (Å²) in [5, 5.41) is 2.92. The van der Waals surface area contributed by atoms with Crippen LogP contribution in [0.25, 0.3) is 0 Å². The molecular weight excluding hydrogens is 252 g/mol. The van der Waals surface area contributed by atoms with Crippen LogP contribution < -0.4 is 5.32 Å². The fourth-order valence-corrected chi connectivity index (χ4v) is 4.47. The molecule has 0 aromatic carbocycles. The fourth-order valence-electron chi connectivity index (χ4n) is 2.75. The first-order valence-corrected chi connectivity index (χ1v) is 8.34. The smallest absolute Gasteiger partial charge is 0.217 e. The predicted octanol–water partition coefficient (Wildman–Crippen LogP) is 0.427. The number of nitrogens with one attached hydrogen (secondary N) is 1. The number of sulfonamides is 1. The maximum absolute atomic E-state index is 12.4. The molecule has 0 radical (unpaired) electrons. The first-order chi connectivity index (χ1) is 8.60. The largest absolute Gasteiger partial charge is 0.381 e. The van der Waals surface area contributed by atoms with Crippen molar-refractivity contribution >= 4 is 10.0 Å². The highest BCUT2D eigenvalue weighted by molar-refractivity contribution is 7.89. The standard InChI is InChI=1S/C12H24N2O3S/c1-14(9-11-4-3-7-17-10-11)18(15,16)12-5-2-6-13-8-12/h11-13H,2-10H2,1H3. The van der Waals surface area contributed by atoms with E-state index < -0.39 is 10.0 Å². The second kappa shape index (κ2) is 6.32. The van der Waals surface area contributed by atoms with Gasteiger partial charge in [-0.2, -0.15) is 0 Å². The number of nitrogens with zero attached hydrogens (tertiary/aromatic N) is 1. The van der Waals surface area contributed by atoms with Gasteiger partial charge in [0.2, 0.25) is 10.0 Å². The van der Waals surface area contributed by atoms with Crippen LogP contribution >= 0.6 is 0 Å². The molecule has 0 amide bonds. The van der Waals surface area contributed by atoms with Gasteiger partial charge in [-0.05, 0) is 38.1 Å². The summed E-state index contributed by atoms with van der Waals surface area (Å²) in [4.78, 5) is 0. The molecule has 0 bridgehead atoms. The van der Waals surface area contributed by atoms with E-state index in [0.717, 1.165) is 38.8 Å². The van der Waals surface area contributed by atoms with Crippen LogP contribution in [0.2, 0.25) is 0 Å². The Morgan fingerprint density at radius 2 is 2.17 bits per heavy atom. The van der Waals surface area contributed by atoms with Gasteiger partial charge in [0.05, 0.1) is 11.9 Å². The highest BCUT2D eigenvalue weighted by Crippen LogP contribution is 2.19. The van der Waals surface area contributed by atoms with E-state index in [4.69, 9.17) is 4.74 Å². The molecule has 2 unspecified atom stereocenters. The monoisotopic (exact) mass is 276 g/mol. The average molecular weight is 276 g/mol. The van der Waals surface area contributed by atoms with Crippen LogP contribution in [0.4, 0.5) is 0 Å². The number of piperidine rings is 1. The number of hydrogen-bond donors (Lipinski definition) is 1. The first kappa shape index (κ1) is 14.2. The summed E-state index contributed by atoms with van der Waals surface area (Å²) < 4.78 is 31.8. The third-order valence-electron chi connectivity index (χ3n) is 3.88. The van der Waals surface area contributed by atoms with Crippen LogP contribution in [0.3, 0.4) is 0 Å². The average Bonchev–Trinajstić information content (AvgIpc) is 2.41. The lowest BCUT2D eigenvalue weighted by Crippen LogP contribution is -2.46. The van der Waals surface area contributed by atoms with Gasteiger partial charge in [-0.25, -0.2) is 12.7 Å². The van der Waals surface area contributed by atoms with Gasteiger partial charge in [0.15, 0.2) is 0 Å². The van der Waals surface area contributed by atoms with Crippen molar-refractivity contribution in [1.82, 2.24) is 9.62 Å². The number of rotatable bonds is 4. The van der Waals surface area contributed by atoms with Gasteiger partial charge in [-0.15, -0.1) is 0 Å². The first-order valence-electron chi connectivity index (χ1n) is 6.84. The quantitative estimate of drug-likeness (QED) is 0.809. The Hall–Kier alpha value is -0.170. The molecule has 0 aliphatic carbocycles. The van der Waals surface area contributed by atoms with Crippen molar-refractivity contribution in [3.63, 3.8) is 0 Å². The molecule has 2 aliphatic rings. The van der Waals surface area contributed by atoms with E-state index >= 15 is 0 Å². The van der Waals surface area contributed by atoms with Crippen molar-refractivity contribution in [2.75, 3.05) is 39.9 Å². The summed E-state index contributed by atoms with van der Waals surface area (Å²) in [6.07, 6.45) is 3.84. The van der Waals surface area contributed by atoms with Crippen molar-refractivity contribution in [3.8, 4) is 0 Å². The molecule has 5 nitrogen and oxygen atoms in total. The molecule has 2 rings (SSSR count). The van der Waals surface area contributed by atoms with Crippen molar-refractivity contribution in [2.45, 2.75) is 30.9 Å². The summed E-state index contributed by atoms with van der Waals surface area (Å²) in [6, 6.07) is 0. The Labute approximate surface area is 110 Å². The van der Waals surface area contributed by atoms with E-state index in [9.17, 15) is 8.42 Å². The van der Waals surface area contributed by atoms with Crippen LogP contribution in [0.15, 0.2) is 0 Å². The SMILES string of the molecule is CN(CC1CCCOC1)S(=O)(=O)C1CCCNC1. The topological polar surface area (TPSA) is 58.6 Å². The number of hydrogen-bond acceptors (Lipinski definition) is 4. The summed E-state index contributed by atoms with van der Waals surface area (Å²) in [7, 11) is -1.44. The maximum atomic E-state index is 12.4. The van der Waals surface area contributed by atoms with E-state index in [-0.39, 0.29) is 5.25 Å². The summed E-state index contributed by atoms with van der Waals surface area (Å²) in [5.41, 5.74) is 0. The lowest BCUT2D eigenvalue weighted by Gasteiger charge is -2.31. The van der Waals surface area contributed by atoms with Crippen molar-refractivity contribution in [3.05, 3.63) is 0 Å². The summed E-state index contributed by atoms with van der Waals surface area (Å²) in [5.74, 6) is 0.357. The fraction of sp³-hybridized carbons (Fsp3) is 1.00. The molecule has 6 heteroatoms. The molecular formula is C12H24N2O3S. The molecule has 0 aromatic rings. The minimum atomic E-state index is -3.15. The zero-order chi connectivity index (χ0) is 13.0. The Kier molecular flexibility index (Phi) is 5.00. The van der Waals surface area contributed by atoms with Gasteiger partial charge in [0.25, 0.3) is 0 Å². The molecule has 2 saturated heterocycles. The molecule has 18 heavy (non-hydrogen) atoms. The predicted molar refractivity (Wildman–Crippen MR) is 71.0 cm³/mol. The highest BCUT2D eigenvalue weighted by Gasteiger charge is 2.32. The van der Waals surface area contributed by atoms with Gasteiger partial charge in [-0.1, -0.05) is 0 Å². The van der Waals surface area contributed by atoms with Gasteiger partial charge in [-0.3, -0.25) is 0 Å². The molecule has 2 heterocycles.